The minimum atomic E-state index is -4.61. The molecule has 0 radical (unpaired) electrons. The van der Waals surface area contributed by atoms with Crippen LogP contribution in [0.25, 0.3) is 22.4 Å². The van der Waals surface area contributed by atoms with Gasteiger partial charge < -0.3 is 5.32 Å². The fourth-order valence-electron chi connectivity index (χ4n) is 3.17. The molecule has 2 aromatic carbocycles. The summed E-state index contributed by atoms with van der Waals surface area (Å²) in [5, 5.41) is 2.59. The van der Waals surface area contributed by atoms with E-state index in [9.17, 15) is 26.3 Å². The second-order valence-electron chi connectivity index (χ2n) is 7.05. The molecule has 0 spiro atoms. The van der Waals surface area contributed by atoms with Crippen LogP contribution >= 0.6 is 11.6 Å². The first-order chi connectivity index (χ1) is 15.6. The van der Waals surface area contributed by atoms with Gasteiger partial charge in [0.05, 0.1) is 5.52 Å². The molecule has 4 rings (SSSR count). The highest BCUT2D eigenvalue weighted by atomic mass is 35.5. The van der Waals surface area contributed by atoms with Gasteiger partial charge in [-0.1, -0.05) is 35.9 Å². The fraction of sp³-hybridized carbons (Fsp3) is 0.136. The van der Waals surface area contributed by atoms with Crippen LogP contribution in [0.4, 0.5) is 32.2 Å². The number of hydrogen-bond acceptors (Lipinski definition) is 4. The van der Waals surface area contributed by atoms with E-state index in [1.165, 1.54) is 0 Å². The number of alkyl halides is 3. The van der Waals surface area contributed by atoms with E-state index in [-0.39, 0.29) is 28.1 Å². The lowest BCUT2D eigenvalue weighted by Crippen LogP contribution is -2.23. The first-order valence-electron chi connectivity index (χ1n) is 9.47. The largest absolute Gasteiger partial charge is 0.405 e. The first kappa shape index (κ1) is 22.8. The van der Waals surface area contributed by atoms with Gasteiger partial charge in [-0.2, -0.15) is 13.2 Å². The molecule has 0 amide bonds. The van der Waals surface area contributed by atoms with Gasteiger partial charge in [-0.15, -0.1) is 0 Å². The number of benzene rings is 2. The van der Waals surface area contributed by atoms with E-state index < -0.39 is 42.2 Å². The number of hydrogen-bond donors (Lipinski definition) is 1. The van der Waals surface area contributed by atoms with Gasteiger partial charge >= 0.3 is 6.18 Å². The Morgan fingerprint density at radius 3 is 2.24 bits per heavy atom. The molecular weight excluding hydrogens is 470 g/mol. The Morgan fingerprint density at radius 2 is 1.55 bits per heavy atom. The van der Waals surface area contributed by atoms with Crippen molar-refractivity contribution in [2.24, 2.45) is 0 Å². The molecule has 2 heterocycles. The highest BCUT2D eigenvalue weighted by molar-refractivity contribution is 6.30. The summed E-state index contributed by atoms with van der Waals surface area (Å²) in [6.45, 7) is -1.48. The number of rotatable bonds is 5. The van der Waals surface area contributed by atoms with Crippen LogP contribution in [0, 0.1) is 17.5 Å². The van der Waals surface area contributed by atoms with Crippen molar-refractivity contribution < 1.29 is 26.3 Å². The molecule has 0 aliphatic rings. The van der Waals surface area contributed by atoms with Gasteiger partial charge in [0.2, 0.25) is 0 Å². The topological polar surface area (TPSA) is 50.7 Å². The summed E-state index contributed by atoms with van der Waals surface area (Å²) in [5.74, 6) is -4.03. The zero-order valence-electron chi connectivity index (χ0n) is 16.5. The van der Waals surface area contributed by atoms with Crippen molar-refractivity contribution in [3.8, 4) is 11.5 Å². The number of halogens is 7. The fourth-order valence-corrected chi connectivity index (χ4v) is 3.40. The van der Waals surface area contributed by atoms with Crippen molar-refractivity contribution in [2.75, 3.05) is 11.9 Å². The first-order valence-corrected chi connectivity index (χ1v) is 9.85. The molecule has 11 heteroatoms. The van der Waals surface area contributed by atoms with E-state index >= 15 is 0 Å². The molecule has 0 aliphatic heterocycles. The van der Waals surface area contributed by atoms with E-state index in [2.05, 4.69) is 20.3 Å². The quantitative estimate of drug-likeness (QED) is 0.267. The van der Waals surface area contributed by atoms with Crippen molar-refractivity contribution >= 4 is 28.3 Å². The van der Waals surface area contributed by atoms with E-state index in [1.807, 2.05) is 12.1 Å². The smallest absolute Gasteiger partial charge is 0.361 e. The zero-order chi connectivity index (χ0) is 23.8. The summed E-state index contributed by atoms with van der Waals surface area (Å²) >= 11 is 6.22. The van der Waals surface area contributed by atoms with Crippen LogP contribution < -0.4 is 5.32 Å². The maximum atomic E-state index is 14.2. The van der Waals surface area contributed by atoms with Crippen molar-refractivity contribution in [1.82, 2.24) is 15.0 Å². The lowest BCUT2D eigenvalue weighted by atomic mass is 10.0. The number of fused-ring (bicyclic) bond motifs is 1. The number of pyridine rings is 1. The molecule has 0 bridgehead atoms. The van der Waals surface area contributed by atoms with Crippen LogP contribution in [-0.2, 0) is 6.42 Å². The van der Waals surface area contributed by atoms with E-state index in [4.69, 9.17) is 11.6 Å². The molecular formula is C22H13ClF6N4. The molecule has 4 aromatic rings. The van der Waals surface area contributed by atoms with Gasteiger partial charge in [0.15, 0.2) is 5.82 Å². The summed E-state index contributed by atoms with van der Waals surface area (Å²) in [5.41, 5.74) is 0.0545. The van der Waals surface area contributed by atoms with Crippen LogP contribution in [0.5, 0.6) is 0 Å². The van der Waals surface area contributed by atoms with Crippen LogP contribution in [-0.4, -0.2) is 27.7 Å². The lowest BCUT2D eigenvalue weighted by Gasteiger charge is -2.16. The summed E-state index contributed by atoms with van der Waals surface area (Å²) in [7, 11) is 0. The second-order valence-corrected chi connectivity index (χ2v) is 7.41. The molecule has 1 N–H and O–H groups in total. The summed E-state index contributed by atoms with van der Waals surface area (Å²) in [6, 6.07) is 11.4. The van der Waals surface area contributed by atoms with Gasteiger partial charge in [-0.25, -0.2) is 28.1 Å². The van der Waals surface area contributed by atoms with Gasteiger partial charge in [0, 0.05) is 35.1 Å². The molecule has 4 nitrogen and oxygen atoms in total. The van der Waals surface area contributed by atoms with Gasteiger partial charge in [0.1, 0.15) is 40.7 Å². The van der Waals surface area contributed by atoms with Crippen molar-refractivity contribution in [2.45, 2.75) is 12.6 Å². The summed E-state index contributed by atoms with van der Waals surface area (Å²) < 4.78 is 80.1. The van der Waals surface area contributed by atoms with Crippen molar-refractivity contribution in [3.63, 3.8) is 0 Å². The van der Waals surface area contributed by atoms with Crippen LogP contribution in [0.3, 0.4) is 0 Å². The third-order valence-corrected chi connectivity index (χ3v) is 5.01. The van der Waals surface area contributed by atoms with Crippen molar-refractivity contribution in [1.29, 1.82) is 0 Å². The highest BCUT2D eigenvalue weighted by Gasteiger charge is 2.28. The molecule has 0 saturated heterocycles. The van der Waals surface area contributed by atoms with Crippen molar-refractivity contribution in [3.05, 3.63) is 82.3 Å². The molecule has 0 atom stereocenters. The maximum Gasteiger partial charge on any atom is 0.405 e. The minimum absolute atomic E-state index is 0.0840. The Hall–Kier alpha value is -3.40. The predicted octanol–water partition coefficient (Wildman–Crippen LogP) is 6.33. The number of nitrogens with zero attached hydrogens (tertiary/aromatic N) is 3. The number of aromatic nitrogens is 3. The third-order valence-electron chi connectivity index (χ3n) is 4.70. The average molecular weight is 483 g/mol. The van der Waals surface area contributed by atoms with E-state index in [1.54, 1.807) is 24.3 Å². The molecule has 0 aliphatic carbocycles. The lowest BCUT2D eigenvalue weighted by molar-refractivity contribution is -0.115. The van der Waals surface area contributed by atoms with Gasteiger partial charge in [-0.05, 0) is 12.1 Å². The Morgan fingerprint density at radius 1 is 0.848 bits per heavy atom. The minimum Gasteiger partial charge on any atom is -0.361 e. The molecule has 0 fully saturated rings. The number of nitrogens with one attached hydrogen (secondary N) is 1. The molecule has 0 unspecified atom stereocenters. The number of anilines is 1. The molecule has 170 valence electrons. The van der Waals surface area contributed by atoms with Gasteiger partial charge in [0.25, 0.3) is 0 Å². The molecule has 2 aromatic heterocycles. The Kier molecular flexibility index (Phi) is 6.11. The van der Waals surface area contributed by atoms with Crippen LogP contribution in [0.15, 0.2) is 48.5 Å². The predicted molar refractivity (Wildman–Crippen MR) is 111 cm³/mol. The van der Waals surface area contributed by atoms with Crippen LogP contribution in [0.1, 0.15) is 11.1 Å². The Bertz CT molecular complexity index is 1320. The molecule has 0 saturated carbocycles. The average Bonchev–Trinajstić information content (AvgIpc) is 2.74. The summed E-state index contributed by atoms with van der Waals surface area (Å²) in [6.07, 6.45) is -5.22. The summed E-state index contributed by atoms with van der Waals surface area (Å²) in [4.78, 5) is 12.6. The second kappa shape index (κ2) is 8.86. The highest BCUT2D eigenvalue weighted by Crippen LogP contribution is 2.30. The van der Waals surface area contributed by atoms with Crippen LogP contribution in [0.2, 0.25) is 5.15 Å². The Labute approximate surface area is 188 Å². The Balaban J connectivity index is 1.80. The number of para-hydroxylation sites is 1. The standard InChI is InChI=1S/C22H13ClF6N4/c23-19-14(9-13-15(25)7-12(24)8-16(13)26)20(30-10-22(27,28)29)33-21(32-19)18-6-5-11-3-1-2-4-17(11)31-18/h1-8H,9-10H2,(H,30,32,33). The zero-order valence-corrected chi connectivity index (χ0v) is 17.3. The van der Waals surface area contributed by atoms with E-state index in [0.29, 0.717) is 17.6 Å². The maximum absolute atomic E-state index is 14.2. The SMILES string of the molecule is Fc1cc(F)c(Cc2c(Cl)nc(-c3ccc4ccccc4n3)nc2NCC(F)(F)F)c(F)c1. The third kappa shape index (κ3) is 5.16. The normalized spacial score (nSPS) is 11.7. The molecule has 33 heavy (non-hydrogen) atoms. The van der Waals surface area contributed by atoms with E-state index in [0.717, 1.165) is 5.39 Å². The monoisotopic (exact) mass is 482 g/mol. The van der Waals surface area contributed by atoms with Gasteiger partial charge in [-0.3, -0.25) is 0 Å².